The number of nitrogens with one attached hydrogen (secondary N) is 1. The predicted molar refractivity (Wildman–Crippen MR) is 125 cm³/mol. The molecule has 0 saturated carbocycles. The number of nitrogens with zero attached hydrogens (tertiary/aromatic N) is 2. The topological polar surface area (TPSA) is 90.0 Å². The van der Waals surface area contributed by atoms with E-state index in [1.165, 1.54) is 23.9 Å². The molecule has 0 saturated heterocycles. The van der Waals surface area contributed by atoms with Crippen molar-refractivity contribution in [1.82, 2.24) is 15.1 Å². The zero-order valence-corrected chi connectivity index (χ0v) is 20.0. The third-order valence-corrected chi connectivity index (χ3v) is 6.90. The van der Waals surface area contributed by atoms with Gasteiger partial charge in [0.05, 0.1) is 22.7 Å². The van der Waals surface area contributed by atoms with Gasteiger partial charge in [-0.3, -0.25) is 14.3 Å². The van der Waals surface area contributed by atoms with Gasteiger partial charge in [0.1, 0.15) is 22.3 Å². The van der Waals surface area contributed by atoms with Crippen LogP contribution in [-0.4, -0.2) is 21.6 Å². The average Bonchev–Trinajstić information content (AvgIpc) is 3.30. The second-order valence-electron chi connectivity index (χ2n) is 8.34. The van der Waals surface area contributed by atoms with Crippen molar-refractivity contribution in [2.45, 2.75) is 12.2 Å². The van der Waals surface area contributed by atoms with Gasteiger partial charge < -0.3 is 11.1 Å². The molecule has 0 spiro atoms. The summed E-state index contributed by atoms with van der Waals surface area (Å²) in [6, 6.07) is 4.16. The van der Waals surface area contributed by atoms with Crippen molar-refractivity contribution >= 4 is 45.9 Å². The zero-order chi connectivity index (χ0) is 27.0. The maximum atomic E-state index is 15.5. The highest BCUT2D eigenvalue weighted by atomic mass is 35.5. The van der Waals surface area contributed by atoms with Crippen molar-refractivity contribution in [3.05, 3.63) is 86.0 Å². The van der Waals surface area contributed by atoms with Crippen LogP contribution in [-0.2, 0) is 13.2 Å². The lowest BCUT2D eigenvalue weighted by atomic mass is 9.86. The van der Waals surface area contributed by atoms with Crippen LogP contribution in [0.2, 0.25) is 10.2 Å². The zero-order valence-electron chi connectivity index (χ0n) is 18.5. The number of nitrogens with two attached hydrogens (primary N) is 1. The Labute approximate surface area is 214 Å². The number of carbonyl (C=O) groups is 2. The summed E-state index contributed by atoms with van der Waals surface area (Å²) < 4.78 is 71.1. The van der Waals surface area contributed by atoms with Gasteiger partial charge in [-0.1, -0.05) is 23.2 Å². The quantitative estimate of drug-likeness (QED) is 0.315. The minimum absolute atomic E-state index is 0.0147. The summed E-state index contributed by atoms with van der Waals surface area (Å²) in [6.07, 6.45) is -4.97. The van der Waals surface area contributed by atoms with Crippen LogP contribution in [0.3, 0.4) is 0 Å². The molecule has 0 aliphatic carbocycles. The molecule has 190 valence electrons. The van der Waals surface area contributed by atoms with Crippen LogP contribution in [0.4, 0.5) is 22.0 Å². The summed E-state index contributed by atoms with van der Waals surface area (Å²) >= 11 is 12.6. The normalized spacial score (nSPS) is 15.2. The molecule has 1 unspecified atom stereocenters. The number of carbonyl (C=O) groups excluding carboxylic acids is 2. The number of aromatic nitrogens is 2. The first kappa shape index (κ1) is 25.0. The first-order valence-corrected chi connectivity index (χ1v) is 11.2. The minimum Gasteiger partial charge on any atom is -0.366 e. The number of halogens is 7. The summed E-state index contributed by atoms with van der Waals surface area (Å²) in [6.45, 7) is 0. The molecule has 0 radical (unpaired) electrons. The van der Waals surface area contributed by atoms with E-state index >= 15 is 4.39 Å². The molecule has 0 bridgehead atoms. The monoisotopic (exact) mass is 554 g/mol. The first-order valence-electron chi connectivity index (χ1n) is 10.5. The van der Waals surface area contributed by atoms with Crippen molar-refractivity contribution in [2.75, 3.05) is 0 Å². The SMILES string of the molecule is Cn1nc2c3c(c(-c4c(F)cc(C(F)(F)F)cc4C(N)=O)cc2c1Cl)C(c1cc(F)ccc1Cl)NC3=O. The largest absolute Gasteiger partial charge is 0.416 e. The van der Waals surface area contributed by atoms with Crippen LogP contribution in [0.1, 0.15) is 43.4 Å². The molecule has 1 aliphatic rings. The van der Waals surface area contributed by atoms with Crippen molar-refractivity contribution < 1.29 is 31.5 Å². The summed E-state index contributed by atoms with van der Waals surface area (Å²) in [4.78, 5) is 25.4. The van der Waals surface area contributed by atoms with Crippen LogP contribution in [0.25, 0.3) is 22.0 Å². The number of hydrogen-bond acceptors (Lipinski definition) is 3. The molecule has 1 aliphatic heterocycles. The van der Waals surface area contributed by atoms with E-state index in [2.05, 4.69) is 10.4 Å². The van der Waals surface area contributed by atoms with E-state index in [-0.39, 0.29) is 49.4 Å². The van der Waals surface area contributed by atoms with Crippen molar-refractivity contribution in [3.63, 3.8) is 0 Å². The molecule has 5 rings (SSSR count). The van der Waals surface area contributed by atoms with Crippen molar-refractivity contribution in [1.29, 1.82) is 0 Å². The van der Waals surface area contributed by atoms with Crippen LogP contribution in [0.5, 0.6) is 0 Å². The highest BCUT2D eigenvalue weighted by molar-refractivity contribution is 6.35. The van der Waals surface area contributed by atoms with Gasteiger partial charge >= 0.3 is 6.18 Å². The maximum absolute atomic E-state index is 15.5. The van der Waals surface area contributed by atoms with E-state index in [1.807, 2.05) is 0 Å². The number of primary amides is 1. The number of rotatable bonds is 3. The van der Waals surface area contributed by atoms with Crippen molar-refractivity contribution in [2.24, 2.45) is 12.8 Å². The lowest BCUT2D eigenvalue weighted by molar-refractivity contribution is -0.137. The fourth-order valence-corrected chi connectivity index (χ4v) is 4.94. The molecule has 3 N–H and O–H groups in total. The summed E-state index contributed by atoms with van der Waals surface area (Å²) in [5, 5.41) is 7.13. The van der Waals surface area contributed by atoms with Gasteiger partial charge in [-0.05, 0) is 42.0 Å². The average molecular weight is 555 g/mol. The smallest absolute Gasteiger partial charge is 0.366 e. The number of hydrogen-bond donors (Lipinski definition) is 2. The fraction of sp³-hybridized carbons (Fsp3) is 0.125. The van der Waals surface area contributed by atoms with Gasteiger partial charge in [-0.2, -0.15) is 18.3 Å². The van der Waals surface area contributed by atoms with Crippen LogP contribution >= 0.6 is 23.2 Å². The van der Waals surface area contributed by atoms with E-state index in [0.29, 0.717) is 6.07 Å². The molecule has 2 amide bonds. The Kier molecular flexibility index (Phi) is 5.68. The number of benzene rings is 3. The Morgan fingerprint density at radius 1 is 1.11 bits per heavy atom. The van der Waals surface area contributed by atoms with E-state index in [9.17, 15) is 27.2 Å². The molecule has 6 nitrogen and oxygen atoms in total. The van der Waals surface area contributed by atoms with Gasteiger partial charge in [0.2, 0.25) is 5.91 Å². The van der Waals surface area contributed by atoms with Gasteiger partial charge in [0.25, 0.3) is 5.91 Å². The Morgan fingerprint density at radius 2 is 1.81 bits per heavy atom. The second kappa shape index (κ2) is 8.42. The highest BCUT2D eigenvalue weighted by Gasteiger charge is 2.40. The number of aryl methyl sites for hydroxylation is 1. The molecule has 3 aromatic carbocycles. The molecule has 2 heterocycles. The Morgan fingerprint density at radius 3 is 2.46 bits per heavy atom. The number of alkyl halides is 3. The van der Waals surface area contributed by atoms with E-state index in [0.717, 1.165) is 12.1 Å². The third kappa shape index (κ3) is 3.89. The molecule has 1 atom stereocenters. The minimum atomic E-state index is -4.97. The summed E-state index contributed by atoms with van der Waals surface area (Å²) in [7, 11) is 1.48. The van der Waals surface area contributed by atoms with Crippen LogP contribution in [0.15, 0.2) is 36.4 Å². The standard InChI is InChI=1S/C24H13Cl2F5N4O2/c1-35-21(26)13-7-11(16-12(22(32)36)4-8(5-15(16)28)24(29,30)31)17-18(20(13)34-35)23(37)33-19(17)10-6-9(27)2-3-14(10)25/h2-7,19H,1H3,(H2,32,36)(H,33,37). The summed E-state index contributed by atoms with van der Waals surface area (Å²) in [5.74, 6) is -4.16. The van der Waals surface area contributed by atoms with Crippen molar-refractivity contribution in [3.8, 4) is 11.1 Å². The van der Waals surface area contributed by atoms with Gasteiger partial charge in [-0.25, -0.2) is 8.78 Å². The van der Waals surface area contributed by atoms with Crippen LogP contribution in [0, 0.1) is 11.6 Å². The van der Waals surface area contributed by atoms with Gasteiger partial charge in [0, 0.05) is 34.1 Å². The Bertz CT molecular complexity index is 1670. The third-order valence-electron chi connectivity index (χ3n) is 6.11. The summed E-state index contributed by atoms with van der Waals surface area (Å²) in [5.41, 5.74) is 2.52. The number of amides is 2. The molecule has 0 fully saturated rings. The second-order valence-corrected chi connectivity index (χ2v) is 9.10. The molecule has 4 aromatic rings. The Balaban J connectivity index is 1.94. The van der Waals surface area contributed by atoms with Crippen LogP contribution < -0.4 is 11.1 Å². The molecule has 1 aromatic heterocycles. The first-order chi connectivity index (χ1) is 17.3. The van der Waals surface area contributed by atoms with Gasteiger partial charge in [-0.15, -0.1) is 0 Å². The molecular weight excluding hydrogens is 542 g/mol. The fourth-order valence-electron chi connectivity index (χ4n) is 4.54. The predicted octanol–water partition coefficient (Wildman–Crippen LogP) is 5.78. The lowest BCUT2D eigenvalue weighted by Crippen LogP contribution is -2.21. The Hall–Kier alpha value is -3.70. The number of fused-ring (bicyclic) bond motifs is 3. The van der Waals surface area contributed by atoms with E-state index in [1.54, 1.807) is 0 Å². The lowest BCUT2D eigenvalue weighted by Gasteiger charge is -2.20. The van der Waals surface area contributed by atoms with E-state index < -0.39 is 52.4 Å². The maximum Gasteiger partial charge on any atom is 0.416 e. The van der Waals surface area contributed by atoms with E-state index in [4.69, 9.17) is 28.9 Å². The molecule has 37 heavy (non-hydrogen) atoms. The van der Waals surface area contributed by atoms with Gasteiger partial charge in [0.15, 0.2) is 0 Å². The molecular formula is C24H13Cl2F5N4O2. The highest BCUT2D eigenvalue weighted by Crippen LogP contribution is 2.47. The molecule has 13 heteroatoms.